The van der Waals surface area contributed by atoms with Crippen LogP contribution in [0.1, 0.15) is 36.6 Å². The lowest BCUT2D eigenvalue weighted by Crippen LogP contribution is -2.33. The molecule has 1 fully saturated rings. The van der Waals surface area contributed by atoms with Crippen LogP contribution in [0.3, 0.4) is 0 Å². The van der Waals surface area contributed by atoms with Gasteiger partial charge in [-0.2, -0.15) is 0 Å². The molecular weight excluding hydrogens is 236 g/mol. The molecule has 3 rings (SSSR count). The molecule has 0 aromatic carbocycles. The molecule has 4 nitrogen and oxygen atoms in total. The van der Waals surface area contributed by atoms with Crippen molar-refractivity contribution in [2.24, 2.45) is 0 Å². The van der Waals surface area contributed by atoms with Crippen molar-refractivity contribution in [3.05, 3.63) is 54.4 Å². The Morgan fingerprint density at radius 3 is 2.68 bits per heavy atom. The maximum atomic E-state index is 4.43. The Labute approximate surface area is 113 Å². The van der Waals surface area contributed by atoms with Crippen molar-refractivity contribution >= 4 is 0 Å². The molecule has 0 radical (unpaired) electrons. The van der Waals surface area contributed by atoms with Gasteiger partial charge in [0.2, 0.25) is 0 Å². The van der Waals surface area contributed by atoms with Crippen molar-refractivity contribution in [1.29, 1.82) is 0 Å². The summed E-state index contributed by atoms with van der Waals surface area (Å²) in [7, 11) is 0. The first-order chi connectivity index (χ1) is 9.43. The van der Waals surface area contributed by atoms with Crippen LogP contribution in [0.25, 0.3) is 0 Å². The highest BCUT2D eigenvalue weighted by Gasteiger charge is 2.24. The standard InChI is InChI=1S/C15H18N4/c1-2-10-19(11-13-4-7-16-8-5-13)15(3-1)14-6-9-17-12-18-14/h4-9,12,15H,1-3,10-11H2/t15-/m1/s1. The molecular formula is C15H18N4. The van der Waals surface area contributed by atoms with Crippen LogP contribution in [0.4, 0.5) is 0 Å². The second kappa shape index (κ2) is 5.89. The van der Waals surface area contributed by atoms with Crippen LogP contribution in [0, 0.1) is 0 Å². The number of hydrogen-bond donors (Lipinski definition) is 0. The molecule has 4 heteroatoms. The van der Waals surface area contributed by atoms with Gasteiger partial charge in [-0.05, 0) is 43.1 Å². The monoisotopic (exact) mass is 254 g/mol. The Bertz CT molecular complexity index is 500. The fraction of sp³-hybridized carbons (Fsp3) is 0.400. The number of likely N-dealkylation sites (tertiary alicyclic amines) is 1. The van der Waals surface area contributed by atoms with Crippen molar-refractivity contribution in [2.45, 2.75) is 31.8 Å². The van der Waals surface area contributed by atoms with Crippen molar-refractivity contribution in [2.75, 3.05) is 6.54 Å². The molecule has 0 amide bonds. The second-order valence-electron chi connectivity index (χ2n) is 4.97. The molecule has 1 aliphatic rings. The zero-order chi connectivity index (χ0) is 12.9. The van der Waals surface area contributed by atoms with Gasteiger partial charge in [0.05, 0.1) is 11.7 Å². The molecule has 2 aromatic rings. The topological polar surface area (TPSA) is 41.9 Å². The lowest BCUT2D eigenvalue weighted by atomic mass is 9.98. The van der Waals surface area contributed by atoms with Crippen LogP contribution in [-0.2, 0) is 6.54 Å². The second-order valence-corrected chi connectivity index (χ2v) is 4.97. The first-order valence-corrected chi connectivity index (χ1v) is 6.82. The molecule has 3 heterocycles. The van der Waals surface area contributed by atoms with Crippen molar-refractivity contribution < 1.29 is 0 Å². The minimum absolute atomic E-state index is 0.421. The Morgan fingerprint density at radius 2 is 1.89 bits per heavy atom. The summed E-state index contributed by atoms with van der Waals surface area (Å²) in [5, 5.41) is 0. The number of rotatable bonds is 3. The predicted molar refractivity (Wildman–Crippen MR) is 73.3 cm³/mol. The third kappa shape index (κ3) is 2.96. The number of hydrogen-bond acceptors (Lipinski definition) is 4. The van der Waals surface area contributed by atoms with Gasteiger partial charge in [-0.3, -0.25) is 9.88 Å². The highest BCUT2D eigenvalue weighted by atomic mass is 15.2. The molecule has 0 N–H and O–H groups in total. The van der Waals surface area contributed by atoms with E-state index >= 15 is 0 Å². The van der Waals surface area contributed by atoms with E-state index in [0.717, 1.165) is 18.8 Å². The number of piperidine rings is 1. The molecule has 0 spiro atoms. The van der Waals surface area contributed by atoms with E-state index in [1.165, 1.54) is 24.8 Å². The fourth-order valence-corrected chi connectivity index (χ4v) is 2.74. The SMILES string of the molecule is c1cc(CN2CCCC[C@@H]2c2ccncn2)ccn1. The van der Waals surface area contributed by atoms with Crippen LogP contribution in [0.5, 0.6) is 0 Å². The Morgan fingerprint density at radius 1 is 1.05 bits per heavy atom. The van der Waals surface area contributed by atoms with Gasteiger partial charge in [0.1, 0.15) is 6.33 Å². The quantitative estimate of drug-likeness (QED) is 0.844. The van der Waals surface area contributed by atoms with Gasteiger partial charge in [-0.1, -0.05) is 6.42 Å². The summed E-state index contributed by atoms with van der Waals surface area (Å²) in [6, 6.07) is 6.64. The molecule has 0 unspecified atom stereocenters. The van der Waals surface area contributed by atoms with Crippen LogP contribution in [0.2, 0.25) is 0 Å². The highest BCUT2D eigenvalue weighted by molar-refractivity contribution is 5.12. The maximum absolute atomic E-state index is 4.43. The van der Waals surface area contributed by atoms with E-state index < -0.39 is 0 Å². The van der Waals surface area contributed by atoms with Crippen LogP contribution >= 0.6 is 0 Å². The van der Waals surface area contributed by atoms with Crippen LogP contribution < -0.4 is 0 Å². The van der Waals surface area contributed by atoms with Gasteiger partial charge in [0.15, 0.2) is 0 Å². The molecule has 1 aliphatic heterocycles. The van der Waals surface area contributed by atoms with Crippen molar-refractivity contribution in [3.8, 4) is 0 Å². The zero-order valence-electron chi connectivity index (χ0n) is 10.9. The highest BCUT2D eigenvalue weighted by Crippen LogP contribution is 2.30. The zero-order valence-corrected chi connectivity index (χ0v) is 10.9. The van der Waals surface area contributed by atoms with Crippen LogP contribution in [0.15, 0.2) is 43.1 Å². The van der Waals surface area contributed by atoms with E-state index in [2.05, 4.69) is 32.0 Å². The summed E-state index contributed by atoms with van der Waals surface area (Å²) < 4.78 is 0. The summed E-state index contributed by atoms with van der Waals surface area (Å²) in [5.74, 6) is 0. The summed E-state index contributed by atoms with van der Waals surface area (Å²) in [6.45, 7) is 2.11. The molecule has 19 heavy (non-hydrogen) atoms. The van der Waals surface area contributed by atoms with E-state index in [4.69, 9.17) is 0 Å². The molecule has 1 saturated heterocycles. The number of nitrogens with zero attached hydrogens (tertiary/aromatic N) is 4. The summed E-state index contributed by atoms with van der Waals surface area (Å²) in [4.78, 5) is 15.0. The Hall–Kier alpha value is -1.81. The van der Waals surface area contributed by atoms with Crippen molar-refractivity contribution in [3.63, 3.8) is 0 Å². The van der Waals surface area contributed by atoms with E-state index in [9.17, 15) is 0 Å². The first kappa shape index (κ1) is 12.2. The minimum Gasteiger partial charge on any atom is -0.291 e. The summed E-state index contributed by atoms with van der Waals surface area (Å²) in [5.41, 5.74) is 2.46. The van der Waals surface area contributed by atoms with Gasteiger partial charge in [-0.15, -0.1) is 0 Å². The molecule has 0 bridgehead atoms. The van der Waals surface area contributed by atoms with Gasteiger partial charge in [-0.25, -0.2) is 9.97 Å². The lowest BCUT2D eigenvalue weighted by molar-refractivity contribution is 0.137. The van der Waals surface area contributed by atoms with Crippen molar-refractivity contribution in [1.82, 2.24) is 19.9 Å². The van der Waals surface area contributed by atoms with Gasteiger partial charge < -0.3 is 0 Å². The summed E-state index contributed by atoms with van der Waals surface area (Å²) in [6.07, 6.45) is 10.9. The maximum Gasteiger partial charge on any atom is 0.115 e. The Kier molecular flexibility index (Phi) is 3.79. The number of pyridine rings is 1. The van der Waals surface area contributed by atoms with Gasteiger partial charge >= 0.3 is 0 Å². The molecule has 0 aliphatic carbocycles. The fourth-order valence-electron chi connectivity index (χ4n) is 2.74. The molecule has 2 aromatic heterocycles. The van der Waals surface area contributed by atoms with Crippen LogP contribution in [-0.4, -0.2) is 26.4 Å². The largest absolute Gasteiger partial charge is 0.291 e. The van der Waals surface area contributed by atoms with E-state index in [1.54, 1.807) is 6.33 Å². The molecule has 0 saturated carbocycles. The van der Waals surface area contributed by atoms with Gasteiger partial charge in [0.25, 0.3) is 0 Å². The Balaban J connectivity index is 1.78. The van der Waals surface area contributed by atoms with E-state index in [1.807, 2.05) is 24.7 Å². The average Bonchev–Trinajstić information content (AvgIpc) is 2.50. The van der Waals surface area contributed by atoms with Gasteiger partial charge in [0, 0.05) is 25.1 Å². The third-order valence-corrected chi connectivity index (χ3v) is 3.69. The average molecular weight is 254 g/mol. The third-order valence-electron chi connectivity index (χ3n) is 3.69. The van der Waals surface area contributed by atoms with E-state index in [-0.39, 0.29) is 0 Å². The summed E-state index contributed by atoms with van der Waals surface area (Å²) >= 11 is 0. The molecule has 98 valence electrons. The minimum atomic E-state index is 0.421. The van der Waals surface area contributed by atoms with E-state index in [0.29, 0.717) is 6.04 Å². The lowest BCUT2D eigenvalue weighted by Gasteiger charge is -2.35. The normalized spacial score (nSPS) is 20.3. The number of aromatic nitrogens is 3. The smallest absolute Gasteiger partial charge is 0.115 e. The molecule has 1 atom stereocenters. The first-order valence-electron chi connectivity index (χ1n) is 6.82. The predicted octanol–water partition coefficient (Wildman–Crippen LogP) is 2.60.